The van der Waals surface area contributed by atoms with Crippen LogP contribution in [0.15, 0.2) is 70.0 Å². The first-order valence-corrected chi connectivity index (χ1v) is 9.04. The highest BCUT2D eigenvalue weighted by molar-refractivity contribution is 5.79. The molecule has 4 rings (SSSR count). The van der Waals surface area contributed by atoms with Crippen molar-refractivity contribution in [2.45, 2.75) is 13.0 Å². The van der Waals surface area contributed by atoms with E-state index in [1.165, 1.54) is 4.57 Å². The molecule has 142 valence electrons. The standard InChI is InChI=1S/C21H20N4O3/c1-24-17(11-13-23-24)16-8-6-15(7-9-16)10-12-22-20(26)14-25-18-4-2-3-5-19(18)28-21(25)27/h2-9,11,13H,10,12,14H2,1H3,(H,22,26). The lowest BCUT2D eigenvalue weighted by Crippen LogP contribution is -2.32. The topological polar surface area (TPSA) is 82.1 Å². The number of carbonyl (C=O) groups excluding carboxylic acids is 1. The predicted octanol–water partition coefficient (Wildman–Crippen LogP) is 2.35. The van der Waals surface area contributed by atoms with Crippen LogP contribution >= 0.6 is 0 Å². The fraction of sp³-hybridized carbons (Fsp3) is 0.190. The summed E-state index contributed by atoms with van der Waals surface area (Å²) in [5.74, 6) is -0.748. The molecule has 0 aliphatic rings. The van der Waals surface area contributed by atoms with E-state index in [0.29, 0.717) is 24.1 Å². The molecule has 0 saturated heterocycles. The van der Waals surface area contributed by atoms with E-state index >= 15 is 0 Å². The van der Waals surface area contributed by atoms with Gasteiger partial charge in [-0.25, -0.2) is 4.79 Å². The average Bonchev–Trinajstić information content (AvgIpc) is 3.26. The summed E-state index contributed by atoms with van der Waals surface area (Å²) >= 11 is 0. The van der Waals surface area contributed by atoms with Crippen molar-refractivity contribution in [3.8, 4) is 11.3 Å². The highest BCUT2D eigenvalue weighted by atomic mass is 16.4. The SMILES string of the molecule is Cn1nccc1-c1ccc(CCNC(=O)Cn2c(=O)oc3ccccc32)cc1. The van der Waals surface area contributed by atoms with Gasteiger partial charge in [-0.05, 0) is 35.7 Å². The number of hydrogen-bond acceptors (Lipinski definition) is 4. The molecule has 0 saturated carbocycles. The molecule has 0 spiro atoms. The second-order valence-electron chi connectivity index (χ2n) is 6.56. The van der Waals surface area contributed by atoms with Gasteiger partial charge in [-0.15, -0.1) is 0 Å². The van der Waals surface area contributed by atoms with Gasteiger partial charge in [0.1, 0.15) is 6.54 Å². The molecule has 1 amide bonds. The number of aromatic nitrogens is 3. The van der Waals surface area contributed by atoms with E-state index in [0.717, 1.165) is 16.8 Å². The second kappa shape index (κ2) is 7.56. The zero-order valence-corrected chi connectivity index (χ0v) is 15.5. The van der Waals surface area contributed by atoms with Crippen molar-refractivity contribution in [3.05, 3.63) is 76.9 Å². The normalized spacial score (nSPS) is 11.0. The van der Waals surface area contributed by atoms with Crippen LogP contribution in [0.4, 0.5) is 0 Å². The van der Waals surface area contributed by atoms with E-state index in [2.05, 4.69) is 10.4 Å². The van der Waals surface area contributed by atoms with Crippen LogP contribution in [0, 0.1) is 0 Å². The summed E-state index contributed by atoms with van der Waals surface area (Å²) < 4.78 is 8.32. The fourth-order valence-corrected chi connectivity index (χ4v) is 3.21. The molecule has 0 aliphatic heterocycles. The number of benzene rings is 2. The Kier molecular flexibility index (Phi) is 4.80. The number of nitrogens with zero attached hydrogens (tertiary/aromatic N) is 3. The van der Waals surface area contributed by atoms with Crippen LogP contribution in [0.2, 0.25) is 0 Å². The molecule has 7 nitrogen and oxygen atoms in total. The largest absolute Gasteiger partial charge is 0.420 e. The Morgan fingerprint density at radius 2 is 1.89 bits per heavy atom. The van der Waals surface area contributed by atoms with Crippen LogP contribution in [0.5, 0.6) is 0 Å². The Morgan fingerprint density at radius 3 is 2.64 bits per heavy atom. The molecule has 7 heteroatoms. The quantitative estimate of drug-likeness (QED) is 0.560. The molecule has 2 aromatic heterocycles. The van der Waals surface area contributed by atoms with Crippen molar-refractivity contribution >= 4 is 17.0 Å². The molecule has 0 fully saturated rings. The maximum Gasteiger partial charge on any atom is 0.420 e. The van der Waals surface area contributed by atoms with Gasteiger partial charge >= 0.3 is 5.76 Å². The lowest BCUT2D eigenvalue weighted by atomic mass is 10.1. The van der Waals surface area contributed by atoms with Crippen molar-refractivity contribution in [2.24, 2.45) is 7.05 Å². The summed E-state index contributed by atoms with van der Waals surface area (Å²) in [6, 6.07) is 17.2. The number of rotatable bonds is 6. The monoisotopic (exact) mass is 376 g/mol. The van der Waals surface area contributed by atoms with Gasteiger partial charge in [0.25, 0.3) is 0 Å². The van der Waals surface area contributed by atoms with Crippen LogP contribution < -0.4 is 11.1 Å². The summed E-state index contributed by atoms with van der Waals surface area (Å²) in [5.41, 5.74) is 4.37. The molecule has 0 atom stereocenters. The first kappa shape index (κ1) is 17.8. The number of fused-ring (bicyclic) bond motifs is 1. The van der Waals surface area contributed by atoms with Gasteiger partial charge in [-0.2, -0.15) is 5.10 Å². The summed E-state index contributed by atoms with van der Waals surface area (Å²) in [7, 11) is 1.91. The number of hydrogen-bond donors (Lipinski definition) is 1. The molecule has 28 heavy (non-hydrogen) atoms. The van der Waals surface area contributed by atoms with E-state index in [4.69, 9.17) is 4.42 Å². The lowest BCUT2D eigenvalue weighted by molar-refractivity contribution is -0.121. The molecule has 1 N–H and O–H groups in total. The van der Waals surface area contributed by atoms with E-state index in [1.807, 2.05) is 42.1 Å². The van der Waals surface area contributed by atoms with Crippen LogP contribution in [-0.4, -0.2) is 26.8 Å². The fourth-order valence-electron chi connectivity index (χ4n) is 3.21. The summed E-state index contributed by atoms with van der Waals surface area (Å²) in [5, 5.41) is 7.04. The van der Waals surface area contributed by atoms with Gasteiger partial charge in [0.05, 0.1) is 11.2 Å². The van der Waals surface area contributed by atoms with Crippen LogP contribution in [0.1, 0.15) is 5.56 Å². The number of carbonyl (C=O) groups is 1. The average molecular weight is 376 g/mol. The van der Waals surface area contributed by atoms with Crippen LogP contribution in [0.3, 0.4) is 0 Å². The van der Waals surface area contributed by atoms with Gasteiger partial charge in [0.15, 0.2) is 5.58 Å². The number of nitrogens with one attached hydrogen (secondary N) is 1. The molecular weight excluding hydrogens is 356 g/mol. The summed E-state index contributed by atoms with van der Waals surface area (Å²) in [4.78, 5) is 24.2. The first-order chi connectivity index (χ1) is 13.6. The van der Waals surface area contributed by atoms with Gasteiger partial charge in [-0.3, -0.25) is 14.0 Å². The maximum absolute atomic E-state index is 12.2. The Hall–Kier alpha value is -3.61. The molecule has 0 bridgehead atoms. The van der Waals surface area contributed by atoms with Gasteiger partial charge in [0, 0.05) is 19.8 Å². The minimum atomic E-state index is -0.526. The number of oxazole rings is 1. The third kappa shape index (κ3) is 3.59. The van der Waals surface area contributed by atoms with Crippen molar-refractivity contribution in [1.29, 1.82) is 0 Å². The Morgan fingerprint density at radius 1 is 1.11 bits per heavy atom. The third-order valence-electron chi connectivity index (χ3n) is 4.68. The molecule has 0 radical (unpaired) electrons. The van der Waals surface area contributed by atoms with E-state index < -0.39 is 5.76 Å². The van der Waals surface area contributed by atoms with Gasteiger partial charge in [-0.1, -0.05) is 36.4 Å². The van der Waals surface area contributed by atoms with Gasteiger partial charge < -0.3 is 9.73 Å². The Labute approximate surface area is 161 Å². The smallest absolute Gasteiger partial charge is 0.408 e. The first-order valence-electron chi connectivity index (χ1n) is 9.04. The summed E-state index contributed by atoms with van der Waals surface area (Å²) in [6.07, 6.45) is 2.48. The maximum atomic E-state index is 12.2. The Balaban J connectivity index is 1.33. The molecule has 2 aromatic carbocycles. The lowest BCUT2D eigenvalue weighted by Gasteiger charge is -2.07. The number of aryl methyl sites for hydroxylation is 1. The van der Waals surface area contributed by atoms with E-state index in [1.54, 1.807) is 30.5 Å². The van der Waals surface area contributed by atoms with Crippen molar-refractivity contribution in [3.63, 3.8) is 0 Å². The molecular formula is C21H20N4O3. The zero-order chi connectivity index (χ0) is 19.5. The minimum Gasteiger partial charge on any atom is -0.408 e. The number of amides is 1. The zero-order valence-electron chi connectivity index (χ0n) is 15.5. The summed E-state index contributed by atoms with van der Waals surface area (Å²) in [6.45, 7) is 0.434. The number of para-hydroxylation sites is 2. The molecule has 0 aliphatic carbocycles. The van der Waals surface area contributed by atoms with Crippen molar-refractivity contribution in [1.82, 2.24) is 19.7 Å². The second-order valence-corrected chi connectivity index (χ2v) is 6.56. The van der Waals surface area contributed by atoms with E-state index in [9.17, 15) is 9.59 Å². The van der Waals surface area contributed by atoms with Crippen molar-refractivity contribution in [2.75, 3.05) is 6.54 Å². The molecule has 4 aromatic rings. The highest BCUT2D eigenvalue weighted by Gasteiger charge is 2.12. The minimum absolute atomic E-state index is 0.0602. The third-order valence-corrected chi connectivity index (χ3v) is 4.68. The predicted molar refractivity (Wildman–Crippen MR) is 106 cm³/mol. The van der Waals surface area contributed by atoms with Crippen LogP contribution in [-0.2, 0) is 24.8 Å². The Bertz CT molecular complexity index is 1170. The molecule has 2 heterocycles. The molecule has 0 unspecified atom stereocenters. The van der Waals surface area contributed by atoms with Gasteiger partial charge in [0.2, 0.25) is 5.91 Å². The highest BCUT2D eigenvalue weighted by Crippen LogP contribution is 2.18. The van der Waals surface area contributed by atoms with Crippen LogP contribution in [0.25, 0.3) is 22.4 Å². The van der Waals surface area contributed by atoms with E-state index in [-0.39, 0.29) is 12.5 Å². The van der Waals surface area contributed by atoms with Crippen molar-refractivity contribution < 1.29 is 9.21 Å².